The van der Waals surface area contributed by atoms with Crippen molar-refractivity contribution in [1.82, 2.24) is 25.1 Å². The summed E-state index contributed by atoms with van der Waals surface area (Å²) in [6.07, 6.45) is 4.85. The van der Waals surface area contributed by atoms with Gasteiger partial charge in [0.25, 0.3) is 0 Å². The minimum absolute atomic E-state index is 0.178. The standard InChI is InChI=1S/C16H23FN6/c1-3-15-19-16(21-20-15)12(2)22-5-4-6-23(8-7-22)14-9-13(17)10-18-11-14/h9-12H,3-8H2,1-2H3,(H,19,20,21). The Morgan fingerprint density at radius 1 is 1.26 bits per heavy atom. The number of pyridine rings is 1. The van der Waals surface area contributed by atoms with Crippen LogP contribution in [0, 0.1) is 5.82 Å². The third kappa shape index (κ3) is 3.67. The van der Waals surface area contributed by atoms with Gasteiger partial charge in [0, 0.05) is 38.7 Å². The first-order chi connectivity index (χ1) is 11.2. The molecule has 0 aliphatic carbocycles. The predicted molar refractivity (Wildman–Crippen MR) is 86.8 cm³/mol. The van der Waals surface area contributed by atoms with Gasteiger partial charge in [-0.05, 0) is 13.3 Å². The highest BCUT2D eigenvalue weighted by Gasteiger charge is 2.23. The lowest BCUT2D eigenvalue weighted by molar-refractivity contribution is 0.218. The zero-order chi connectivity index (χ0) is 16.2. The summed E-state index contributed by atoms with van der Waals surface area (Å²) >= 11 is 0. The summed E-state index contributed by atoms with van der Waals surface area (Å²) in [6, 6.07) is 1.73. The second-order valence-electron chi connectivity index (χ2n) is 5.91. The molecule has 0 radical (unpaired) electrons. The number of rotatable bonds is 4. The lowest BCUT2D eigenvalue weighted by Gasteiger charge is -2.26. The van der Waals surface area contributed by atoms with Crippen LogP contribution in [-0.4, -0.2) is 51.2 Å². The van der Waals surface area contributed by atoms with Crippen LogP contribution in [0.1, 0.15) is 38.0 Å². The molecule has 124 valence electrons. The molecular weight excluding hydrogens is 295 g/mol. The van der Waals surface area contributed by atoms with E-state index in [0.29, 0.717) is 0 Å². The Morgan fingerprint density at radius 3 is 2.87 bits per heavy atom. The van der Waals surface area contributed by atoms with Crippen molar-refractivity contribution in [3.8, 4) is 0 Å². The van der Waals surface area contributed by atoms with Crippen molar-refractivity contribution in [3.05, 3.63) is 35.9 Å². The van der Waals surface area contributed by atoms with E-state index in [9.17, 15) is 4.39 Å². The molecule has 1 aliphatic rings. The Kier molecular flexibility index (Phi) is 4.85. The van der Waals surface area contributed by atoms with Crippen molar-refractivity contribution in [2.24, 2.45) is 0 Å². The summed E-state index contributed by atoms with van der Waals surface area (Å²) in [5.74, 6) is 1.49. The molecular formula is C16H23FN6. The van der Waals surface area contributed by atoms with Crippen LogP contribution in [0.4, 0.5) is 10.1 Å². The topological polar surface area (TPSA) is 60.9 Å². The van der Waals surface area contributed by atoms with E-state index in [1.54, 1.807) is 12.3 Å². The lowest BCUT2D eigenvalue weighted by atomic mass is 10.2. The smallest absolute Gasteiger partial charge is 0.167 e. The van der Waals surface area contributed by atoms with Crippen LogP contribution in [0.3, 0.4) is 0 Å². The van der Waals surface area contributed by atoms with Crippen LogP contribution >= 0.6 is 0 Å². The second-order valence-corrected chi connectivity index (χ2v) is 5.91. The second kappa shape index (κ2) is 7.04. The molecule has 2 aromatic heterocycles. The average Bonchev–Trinajstić information content (AvgIpc) is 2.91. The van der Waals surface area contributed by atoms with Crippen LogP contribution in [0.15, 0.2) is 18.5 Å². The van der Waals surface area contributed by atoms with Crippen LogP contribution in [0.2, 0.25) is 0 Å². The first kappa shape index (κ1) is 15.9. The molecule has 1 atom stereocenters. The molecule has 0 saturated carbocycles. The summed E-state index contributed by atoms with van der Waals surface area (Å²) in [7, 11) is 0. The maximum Gasteiger partial charge on any atom is 0.167 e. The predicted octanol–water partition coefficient (Wildman–Crippen LogP) is 2.17. The molecule has 6 nitrogen and oxygen atoms in total. The van der Waals surface area contributed by atoms with E-state index in [0.717, 1.165) is 56.4 Å². The summed E-state index contributed by atoms with van der Waals surface area (Å²) in [4.78, 5) is 13.1. The van der Waals surface area contributed by atoms with E-state index < -0.39 is 0 Å². The van der Waals surface area contributed by atoms with Gasteiger partial charge in [-0.1, -0.05) is 6.92 Å². The zero-order valence-corrected chi connectivity index (χ0v) is 13.7. The molecule has 1 N–H and O–H groups in total. The van der Waals surface area contributed by atoms with Gasteiger partial charge in [-0.3, -0.25) is 15.0 Å². The molecule has 1 aliphatic heterocycles. The molecule has 2 aromatic rings. The van der Waals surface area contributed by atoms with Crippen LogP contribution in [0.5, 0.6) is 0 Å². The number of aromatic nitrogens is 4. The van der Waals surface area contributed by atoms with Crippen LogP contribution < -0.4 is 4.90 Å². The van der Waals surface area contributed by atoms with Gasteiger partial charge in [-0.15, -0.1) is 0 Å². The van der Waals surface area contributed by atoms with Gasteiger partial charge in [0.05, 0.1) is 24.1 Å². The Morgan fingerprint density at radius 2 is 2.13 bits per heavy atom. The van der Waals surface area contributed by atoms with Crippen molar-refractivity contribution in [3.63, 3.8) is 0 Å². The number of aromatic amines is 1. The zero-order valence-electron chi connectivity index (χ0n) is 13.7. The molecule has 0 spiro atoms. The number of halogens is 1. The Balaban J connectivity index is 1.66. The molecule has 1 fully saturated rings. The van der Waals surface area contributed by atoms with Gasteiger partial charge in [0.2, 0.25) is 0 Å². The minimum atomic E-state index is -0.287. The van der Waals surface area contributed by atoms with Gasteiger partial charge in [-0.25, -0.2) is 9.37 Å². The van der Waals surface area contributed by atoms with Crippen LogP contribution in [-0.2, 0) is 6.42 Å². The molecule has 0 bridgehead atoms. The average molecular weight is 318 g/mol. The maximum atomic E-state index is 13.4. The SMILES string of the molecule is CCc1nc(C(C)N2CCCN(c3cncc(F)c3)CC2)n[nH]1. The first-order valence-electron chi connectivity index (χ1n) is 8.18. The molecule has 7 heteroatoms. The highest BCUT2D eigenvalue weighted by Crippen LogP contribution is 2.21. The van der Waals surface area contributed by atoms with E-state index in [2.05, 4.69) is 43.8 Å². The summed E-state index contributed by atoms with van der Waals surface area (Å²) < 4.78 is 13.4. The Bertz CT molecular complexity index is 643. The fraction of sp³-hybridized carbons (Fsp3) is 0.562. The molecule has 0 aromatic carbocycles. The molecule has 3 heterocycles. The number of aryl methyl sites for hydroxylation is 1. The van der Waals surface area contributed by atoms with E-state index in [4.69, 9.17) is 0 Å². The molecule has 1 unspecified atom stereocenters. The summed E-state index contributed by atoms with van der Waals surface area (Å²) in [5.41, 5.74) is 0.852. The molecule has 23 heavy (non-hydrogen) atoms. The minimum Gasteiger partial charge on any atom is -0.369 e. The Hall–Kier alpha value is -2.02. The maximum absolute atomic E-state index is 13.4. The van der Waals surface area contributed by atoms with Gasteiger partial charge >= 0.3 is 0 Å². The largest absolute Gasteiger partial charge is 0.369 e. The van der Waals surface area contributed by atoms with Gasteiger partial charge in [0.1, 0.15) is 11.6 Å². The molecule has 0 amide bonds. The van der Waals surface area contributed by atoms with Crippen molar-refractivity contribution >= 4 is 5.69 Å². The Labute approximate surface area is 135 Å². The highest BCUT2D eigenvalue weighted by atomic mass is 19.1. The van der Waals surface area contributed by atoms with Crippen LogP contribution in [0.25, 0.3) is 0 Å². The summed E-state index contributed by atoms with van der Waals surface area (Å²) in [5, 5.41) is 7.31. The molecule has 1 saturated heterocycles. The number of H-pyrrole nitrogens is 1. The van der Waals surface area contributed by atoms with Crippen molar-refractivity contribution in [2.75, 3.05) is 31.1 Å². The number of hydrogen-bond donors (Lipinski definition) is 1. The van der Waals surface area contributed by atoms with Gasteiger partial charge in [0.15, 0.2) is 5.82 Å². The fourth-order valence-electron chi connectivity index (χ4n) is 2.97. The van der Waals surface area contributed by atoms with E-state index in [-0.39, 0.29) is 11.9 Å². The molecule has 3 rings (SSSR count). The lowest BCUT2D eigenvalue weighted by Crippen LogP contribution is -2.33. The third-order valence-electron chi connectivity index (χ3n) is 4.39. The van der Waals surface area contributed by atoms with E-state index >= 15 is 0 Å². The normalized spacial score (nSPS) is 18.0. The van der Waals surface area contributed by atoms with Crippen molar-refractivity contribution in [1.29, 1.82) is 0 Å². The van der Waals surface area contributed by atoms with Gasteiger partial charge < -0.3 is 4.90 Å². The van der Waals surface area contributed by atoms with Gasteiger partial charge in [-0.2, -0.15) is 5.10 Å². The number of anilines is 1. The van der Waals surface area contributed by atoms with Crippen molar-refractivity contribution in [2.45, 2.75) is 32.7 Å². The van der Waals surface area contributed by atoms with E-state index in [1.165, 1.54) is 6.20 Å². The third-order valence-corrected chi connectivity index (χ3v) is 4.39. The number of nitrogens with zero attached hydrogens (tertiary/aromatic N) is 5. The highest BCUT2D eigenvalue weighted by molar-refractivity contribution is 5.44. The summed E-state index contributed by atoms with van der Waals surface area (Å²) in [6.45, 7) is 7.83. The van der Waals surface area contributed by atoms with Crippen molar-refractivity contribution < 1.29 is 4.39 Å². The number of hydrogen-bond acceptors (Lipinski definition) is 5. The fourth-order valence-corrected chi connectivity index (χ4v) is 2.97. The first-order valence-corrected chi connectivity index (χ1v) is 8.18. The monoisotopic (exact) mass is 318 g/mol. The number of nitrogens with one attached hydrogen (secondary N) is 1. The van der Waals surface area contributed by atoms with E-state index in [1.807, 2.05) is 0 Å². The quantitative estimate of drug-likeness (QED) is 0.936.